The highest BCUT2D eigenvalue weighted by Gasteiger charge is 2.24. The number of aliphatic hydroxyl groups is 1. The third-order valence-electron chi connectivity index (χ3n) is 3.68. The number of β-amino-alcohol motifs (C(OH)–C–C–N with tert-alkyl or cyclic N) is 1. The van der Waals surface area contributed by atoms with Gasteiger partial charge >= 0.3 is 0 Å². The van der Waals surface area contributed by atoms with Crippen molar-refractivity contribution in [2.75, 3.05) is 19.6 Å². The maximum atomic E-state index is 9.72. The monoisotopic (exact) mass is 308 g/mol. The van der Waals surface area contributed by atoms with Crippen molar-refractivity contribution in [2.24, 2.45) is 5.92 Å². The minimum absolute atomic E-state index is 0. The van der Waals surface area contributed by atoms with Crippen LogP contribution >= 0.6 is 12.4 Å². The van der Waals surface area contributed by atoms with Crippen LogP contribution in [0.3, 0.4) is 0 Å². The van der Waals surface area contributed by atoms with E-state index in [1.54, 1.807) is 0 Å². The van der Waals surface area contributed by atoms with Gasteiger partial charge in [-0.25, -0.2) is 4.68 Å². The van der Waals surface area contributed by atoms with Crippen molar-refractivity contribution in [3.05, 3.63) is 48.3 Å². The fraction of sp³-hybridized carbons (Fsp3) is 0.400. The molecule has 0 amide bonds. The van der Waals surface area contributed by atoms with E-state index >= 15 is 0 Å². The highest BCUT2D eigenvalue weighted by atomic mass is 35.5. The standard InChI is InChI=1S/C15H20N4O.ClH/c20-15-11-17-9-12(15)8-16-10-13-6-7-19(18-13)14-4-2-1-3-5-14;/h1-7,12,15-17,20H,8-11H2;1H. The molecule has 0 aliphatic carbocycles. The number of halogens is 1. The minimum Gasteiger partial charge on any atom is -0.391 e. The molecule has 2 atom stereocenters. The average molecular weight is 309 g/mol. The third kappa shape index (κ3) is 4.04. The second kappa shape index (κ2) is 7.56. The Kier molecular flexibility index (Phi) is 5.76. The summed E-state index contributed by atoms with van der Waals surface area (Å²) in [5.74, 6) is 0.297. The second-order valence-electron chi connectivity index (χ2n) is 5.20. The Morgan fingerprint density at radius 3 is 2.76 bits per heavy atom. The molecule has 5 nitrogen and oxygen atoms in total. The molecular weight excluding hydrogens is 288 g/mol. The molecule has 1 fully saturated rings. The lowest BCUT2D eigenvalue weighted by Gasteiger charge is -2.13. The fourth-order valence-electron chi connectivity index (χ4n) is 2.49. The van der Waals surface area contributed by atoms with Gasteiger partial charge in [-0.1, -0.05) is 18.2 Å². The summed E-state index contributed by atoms with van der Waals surface area (Å²) in [5.41, 5.74) is 2.07. The molecule has 3 N–H and O–H groups in total. The molecule has 0 radical (unpaired) electrons. The largest absolute Gasteiger partial charge is 0.391 e. The number of nitrogens with zero attached hydrogens (tertiary/aromatic N) is 2. The summed E-state index contributed by atoms with van der Waals surface area (Å²) >= 11 is 0. The van der Waals surface area contributed by atoms with Gasteiger partial charge in [-0.2, -0.15) is 5.10 Å². The molecule has 6 heteroatoms. The van der Waals surface area contributed by atoms with Gasteiger partial charge in [0.15, 0.2) is 0 Å². The number of benzene rings is 1. The minimum atomic E-state index is -0.232. The van der Waals surface area contributed by atoms with Crippen LogP contribution in [0.5, 0.6) is 0 Å². The Morgan fingerprint density at radius 2 is 2.05 bits per heavy atom. The Hall–Kier alpha value is -1.40. The van der Waals surface area contributed by atoms with Crippen molar-refractivity contribution in [3.63, 3.8) is 0 Å². The van der Waals surface area contributed by atoms with Gasteiger partial charge in [0.05, 0.1) is 17.5 Å². The van der Waals surface area contributed by atoms with Gasteiger partial charge in [-0.3, -0.25) is 0 Å². The molecule has 1 aromatic heterocycles. The van der Waals surface area contributed by atoms with Crippen LogP contribution < -0.4 is 10.6 Å². The van der Waals surface area contributed by atoms with Crippen LogP contribution in [-0.4, -0.2) is 40.6 Å². The number of aromatic nitrogens is 2. The van der Waals surface area contributed by atoms with Gasteiger partial charge < -0.3 is 15.7 Å². The summed E-state index contributed by atoms with van der Waals surface area (Å²) in [7, 11) is 0. The van der Waals surface area contributed by atoms with Crippen LogP contribution in [0.1, 0.15) is 5.69 Å². The Bertz CT molecular complexity index is 546. The molecule has 1 saturated heterocycles. The van der Waals surface area contributed by atoms with Crippen LogP contribution in [0.25, 0.3) is 5.69 Å². The summed E-state index contributed by atoms with van der Waals surface area (Å²) in [6, 6.07) is 12.1. The van der Waals surface area contributed by atoms with Crippen molar-refractivity contribution >= 4 is 12.4 Å². The Morgan fingerprint density at radius 1 is 1.24 bits per heavy atom. The molecule has 0 saturated carbocycles. The Balaban J connectivity index is 0.00000161. The van der Waals surface area contributed by atoms with Crippen molar-refractivity contribution in [2.45, 2.75) is 12.6 Å². The molecule has 0 spiro atoms. The van der Waals surface area contributed by atoms with Crippen molar-refractivity contribution in [3.8, 4) is 5.69 Å². The van der Waals surface area contributed by atoms with E-state index in [2.05, 4.69) is 15.7 Å². The predicted molar refractivity (Wildman–Crippen MR) is 84.9 cm³/mol. The number of para-hydroxylation sites is 1. The van der Waals surface area contributed by atoms with Gasteiger partial charge in [0.2, 0.25) is 0 Å². The molecule has 21 heavy (non-hydrogen) atoms. The molecule has 1 aliphatic heterocycles. The first-order valence-electron chi connectivity index (χ1n) is 7.02. The van der Waals surface area contributed by atoms with E-state index in [0.717, 1.165) is 31.0 Å². The van der Waals surface area contributed by atoms with E-state index in [9.17, 15) is 5.11 Å². The van der Waals surface area contributed by atoms with Gasteiger partial charge in [0.25, 0.3) is 0 Å². The summed E-state index contributed by atoms with van der Waals surface area (Å²) in [4.78, 5) is 0. The smallest absolute Gasteiger partial charge is 0.0766 e. The molecule has 2 aromatic rings. The molecule has 2 heterocycles. The molecule has 1 aliphatic rings. The van der Waals surface area contributed by atoms with Crippen molar-refractivity contribution in [1.29, 1.82) is 0 Å². The van der Waals surface area contributed by atoms with E-state index in [4.69, 9.17) is 0 Å². The van der Waals surface area contributed by atoms with E-state index in [-0.39, 0.29) is 18.5 Å². The van der Waals surface area contributed by atoms with Crippen LogP contribution in [0, 0.1) is 5.92 Å². The van der Waals surface area contributed by atoms with Crippen molar-refractivity contribution < 1.29 is 5.11 Å². The van der Waals surface area contributed by atoms with E-state index in [1.165, 1.54) is 0 Å². The fourth-order valence-corrected chi connectivity index (χ4v) is 2.49. The summed E-state index contributed by atoms with van der Waals surface area (Å²) in [6.07, 6.45) is 1.74. The van der Waals surface area contributed by atoms with Gasteiger partial charge in [-0.05, 0) is 18.2 Å². The topological polar surface area (TPSA) is 62.1 Å². The molecule has 1 aromatic carbocycles. The zero-order valence-corrected chi connectivity index (χ0v) is 12.6. The van der Waals surface area contributed by atoms with E-state index < -0.39 is 0 Å². The number of nitrogens with one attached hydrogen (secondary N) is 2. The summed E-state index contributed by atoms with van der Waals surface area (Å²) in [5, 5.41) is 20.8. The third-order valence-corrected chi connectivity index (χ3v) is 3.68. The zero-order chi connectivity index (χ0) is 13.8. The molecule has 3 rings (SSSR count). The molecule has 2 unspecified atom stereocenters. The number of aliphatic hydroxyl groups excluding tert-OH is 1. The first kappa shape index (κ1) is 16.0. The average Bonchev–Trinajstić information content (AvgIpc) is 3.10. The number of hydrogen-bond acceptors (Lipinski definition) is 4. The highest BCUT2D eigenvalue weighted by Crippen LogP contribution is 2.09. The maximum absolute atomic E-state index is 9.72. The first-order chi connectivity index (χ1) is 9.83. The summed E-state index contributed by atoms with van der Waals surface area (Å²) < 4.78 is 1.88. The van der Waals surface area contributed by atoms with Gasteiger partial charge in [0.1, 0.15) is 0 Å². The van der Waals surface area contributed by atoms with E-state index in [1.807, 2.05) is 47.3 Å². The lowest BCUT2D eigenvalue weighted by Crippen LogP contribution is -2.30. The lowest BCUT2D eigenvalue weighted by atomic mass is 10.1. The number of rotatable bonds is 5. The Labute approximate surface area is 130 Å². The van der Waals surface area contributed by atoms with Crippen LogP contribution in [0.15, 0.2) is 42.6 Å². The summed E-state index contributed by atoms with van der Waals surface area (Å²) in [6.45, 7) is 3.12. The maximum Gasteiger partial charge on any atom is 0.0766 e. The van der Waals surface area contributed by atoms with Crippen molar-refractivity contribution in [1.82, 2.24) is 20.4 Å². The second-order valence-corrected chi connectivity index (χ2v) is 5.20. The van der Waals surface area contributed by atoms with Gasteiger partial charge in [0, 0.05) is 38.3 Å². The SMILES string of the molecule is Cl.OC1CNCC1CNCc1ccn(-c2ccccc2)n1. The van der Waals surface area contributed by atoms with E-state index in [0.29, 0.717) is 12.5 Å². The number of hydrogen-bond donors (Lipinski definition) is 3. The molecular formula is C15H21ClN4O. The molecule has 0 bridgehead atoms. The molecule has 114 valence electrons. The van der Waals surface area contributed by atoms with Crippen LogP contribution in [0.2, 0.25) is 0 Å². The first-order valence-corrected chi connectivity index (χ1v) is 7.02. The van der Waals surface area contributed by atoms with Crippen LogP contribution in [-0.2, 0) is 6.54 Å². The zero-order valence-electron chi connectivity index (χ0n) is 11.8. The predicted octanol–water partition coefficient (Wildman–Crippen LogP) is 0.964. The lowest BCUT2D eigenvalue weighted by molar-refractivity contribution is 0.146. The quantitative estimate of drug-likeness (QED) is 0.770. The van der Waals surface area contributed by atoms with Gasteiger partial charge in [-0.15, -0.1) is 12.4 Å². The van der Waals surface area contributed by atoms with Crippen LogP contribution in [0.4, 0.5) is 0 Å². The normalized spacial score (nSPS) is 21.2. The highest BCUT2D eigenvalue weighted by molar-refractivity contribution is 5.85.